The third-order valence-corrected chi connectivity index (χ3v) is 7.01. The number of carbonyl (C=O) groups excluding carboxylic acids is 1. The van der Waals surface area contributed by atoms with E-state index in [0.29, 0.717) is 40.3 Å². The van der Waals surface area contributed by atoms with Crippen molar-refractivity contribution in [1.82, 2.24) is 20.3 Å². The molecule has 0 saturated heterocycles. The van der Waals surface area contributed by atoms with Crippen LogP contribution >= 0.6 is 11.6 Å². The predicted molar refractivity (Wildman–Crippen MR) is 104 cm³/mol. The number of nitrogens with one attached hydrogen (secondary N) is 1. The van der Waals surface area contributed by atoms with E-state index in [1.54, 1.807) is 24.3 Å². The Morgan fingerprint density at radius 1 is 1.26 bits per heavy atom. The number of rotatable bonds is 6. The first-order valence-electron chi connectivity index (χ1n) is 10.1. The Kier molecular flexibility index (Phi) is 4.23. The van der Waals surface area contributed by atoms with Crippen LogP contribution in [0.4, 0.5) is 0 Å². The van der Waals surface area contributed by atoms with Gasteiger partial charge in [-0.1, -0.05) is 23.7 Å². The maximum atomic E-state index is 12.6. The van der Waals surface area contributed by atoms with Crippen LogP contribution in [0.3, 0.4) is 0 Å². The van der Waals surface area contributed by atoms with Crippen molar-refractivity contribution in [3.63, 3.8) is 0 Å². The van der Waals surface area contributed by atoms with E-state index in [1.165, 1.54) is 31.4 Å². The highest BCUT2D eigenvalue weighted by molar-refractivity contribution is 6.30. The van der Waals surface area contributed by atoms with E-state index in [2.05, 4.69) is 27.2 Å². The number of fused-ring (bicyclic) bond motifs is 1. The summed E-state index contributed by atoms with van der Waals surface area (Å²) in [5.74, 6) is 2.72. The molecule has 1 unspecified atom stereocenters. The van der Waals surface area contributed by atoms with E-state index in [-0.39, 0.29) is 11.9 Å². The number of aromatic nitrogens is 3. The minimum atomic E-state index is 0.00679. The first-order valence-corrected chi connectivity index (χ1v) is 10.5. The number of hydrogen-bond acceptors (Lipinski definition) is 3. The van der Waals surface area contributed by atoms with Gasteiger partial charge in [-0.3, -0.25) is 4.79 Å². The Bertz CT molecular complexity index is 832. The summed E-state index contributed by atoms with van der Waals surface area (Å²) in [7, 11) is 0. The minimum Gasteiger partial charge on any atom is -0.349 e. The zero-order valence-electron chi connectivity index (χ0n) is 15.5. The van der Waals surface area contributed by atoms with Gasteiger partial charge in [0.2, 0.25) is 0 Å². The summed E-state index contributed by atoms with van der Waals surface area (Å²) in [6.07, 6.45) is 7.84. The van der Waals surface area contributed by atoms with Crippen LogP contribution < -0.4 is 5.32 Å². The zero-order valence-corrected chi connectivity index (χ0v) is 16.3. The summed E-state index contributed by atoms with van der Waals surface area (Å²) in [6.45, 7) is 2.17. The lowest BCUT2D eigenvalue weighted by Crippen LogP contribution is -2.37. The second kappa shape index (κ2) is 6.62. The van der Waals surface area contributed by atoms with Gasteiger partial charge in [-0.25, -0.2) is 4.68 Å². The number of halogens is 1. The van der Waals surface area contributed by atoms with E-state index < -0.39 is 0 Å². The Labute approximate surface area is 164 Å². The number of amides is 1. The first-order chi connectivity index (χ1) is 13.2. The molecule has 6 heteroatoms. The summed E-state index contributed by atoms with van der Waals surface area (Å²) >= 11 is 5.92. The second-order valence-corrected chi connectivity index (χ2v) is 8.84. The standard InChI is InChI=1S/C21H25ClN4O/c1-2-18(24-21(27)13-5-7-14(22)8-6-13)20-16-9-15(10-17(16)20)26-19(11-23-25-26)12-3-4-12/h5-8,11-12,15-18,20H,2-4,9-10H2,1H3,(H,24,27)/t15-,16+,17-,18?,20-. The monoisotopic (exact) mass is 384 g/mol. The third-order valence-electron chi connectivity index (χ3n) is 6.76. The molecule has 2 aromatic rings. The molecular formula is C21H25ClN4O. The topological polar surface area (TPSA) is 59.8 Å². The summed E-state index contributed by atoms with van der Waals surface area (Å²) in [4.78, 5) is 12.6. The largest absolute Gasteiger partial charge is 0.349 e. The van der Waals surface area contributed by atoms with E-state index in [0.717, 1.165) is 6.42 Å². The lowest BCUT2D eigenvalue weighted by molar-refractivity contribution is 0.0926. The van der Waals surface area contributed by atoms with Crippen LogP contribution in [0, 0.1) is 17.8 Å². The van der Waals surface area contributed by atoms with Gasteiger partial charge in [0, 0.05) is 22.5 Å². The quantitative estimate of drug-likeness (QED) is 0.811. The highest BCUT2D eigenvalue weighted by Gasteiger charge is 2.59. The fourth-order valence-corrected chi connectivity index (χ4v) is 5.32. The van der Waals surface area contributed by atoms with Crippen LogP contribution in [0.2, 0.25) is 5.02 Å². The summed E-state index contributed by atoms with van der Waals surface area (Å²) in [5.41, 5.74) is 2.01. The molecular weight excluding hydrogens is 360 g/mol. The third kappa shape index (κ3) is 3.16. The fourth-order valence-electron chi connectivity index (χ4n) is 5.19. The molecule has 27 heavy (non-hydrogen) atoms. The van der Waals surface area contributed by atoms with Crippen molar-refractivity contribution in [2.45, 2.75) is 57.0 Å². The molecule has 3 aliphatic rings. The molecule has 1 amide bonds. The van der Waals surface area contributed by atoms with Gasteiger partial charge in [0.05, 0.1) is 17.9 Å². The van der Waals surface area contributed by atoms with Crippen molar-refractivity contribution < 1.29 is 4.79 Å². The number of nitrogens with zero attached hydrogens (tertiary/aromatic N) is 3. The summed E-state index contributed by atoms with van der Waals surface area (Å²) in [6, 6.07) is 7.87. The van der Waals surface area contributed by atoms with Gasteiger partial charge in [-0.2, -0.15) is 0 Å². The maximum absolute atomic E-state index is 12.6. The van der Waals surface area contributed by atoms with Crippen molar-refractivity contribution >= 4 is 17.5 Å². The van der Waals surface area contributed by atoms with Gasteiger partial charge in [-0.05, 0) is 74.1 Å². The van der Waals surface area contributed by atoms with Crippen molar-refractivity contribution in [2.75, 3.05) is 0 Å². The van der Waals surface area contributed by atoms with Crippen LogP contribution in [0.25, 0.3) is 0 Å². The normalized spacial score (nSPS) is 30.0. The number of hydrogen-bond donors (Lipinski definition) is 1. The van der Waals surface area contributed by atoms with Gasteiger partial charge in [0.15, 0.2) is 0 Å². The fraction of sp³-hybridized carbons (Fsp3) is 0.571. The molecule has 0 spiro atoms. The molecule has 1 heterocycles. The van der Waals surface area contributed by atoms with Crippen molar-refractivity contribution in [3.8, 4) is 0 Å². The molecule has 0 aliphatic heterocycles. The molecule has 0 radical (unpaired) electrons. The molecule has 1 aromatic carbocycles. The average Bonchev–Trinajstić information content (AvgIpc) is 3.53. The van der Waals surface area contributed by atoms with E-state index in [9.17, 15) is 4.79 Å². The molecule has 5 nitrogen and oxygen atoms in total. The van der Waals surface area contributed by atoms with Gasteiger partial charge in [0.1, 0.15) is 0 Å². The molecule has 1 aromatic heterocycles. The molecule has 1 N–H and O–H groups in total. The Balaban J connectivity index is 1.21. The second-order valence-electron chi connectivity index (χ2n) is 8.40. The molecule has 5 rings (SSSR count). The lowest BCUT2D eigenvalue weighted by Gasteiger charge is -2.22. The van der Waals surface area contributed by atoms with E-state index >= 15 is 0 Å². The van der Waals surface area contributed by atoms with Gasteiger partial charge < -0.3 is 5.32 Å². The van der Waals surface area contributed by atoms with E-state index in [4.69, 9.17) is 11.6 Å². The Morgan fingerprint density at radius 2 is 1.96 bits per heavy atom. The molecule has 3 fully saturated rings. The highest BCUT2D eigenvalue weighted by Crippen LogP contribution is 2.63. The molecule has 0 bridgehead atoms. The minimum absolute atomic E-state index is 0.00679. The number of benzene rings is 1. The number of carbonyl (C=O) groups is 1. The Hall–Kier alpha value is -1.88. The molecule has 142 valence electrons. The van der Waals surface area contributed by atoms with Crippen molar-refractivity contribution in [2.24, 2.45) is 17.8 Å². The zero-order chi connectivity index (χ0) is 18.5. The van der Waals surface area contributed by atoms with Gasteiger partial charge in [-0.15, -0.1) is 5.10 Å². The van der Waals surface area contributed by atoms with Crippen molar-refractivity contribution in [3.05, 3.63) is 46.7 Å². The SMILES string of the molecule is CCC(NC(=O)c1ccc(Cl)cc1)[C@H]1[C@@H]2C[C@H](n3nncc3C3CC3)C[C@@H]21. The first kappa shape index (κ1) is 17.2. The van der Waals surface area contributed by atoms with Crippen LogP contribution in [-0.2, 0) is 0 Å². The van der Waals surface area contributed by atoms with Crippen LogP contribution in [-0.4, -0.2) is 26.9 Å². The smallest absolute Gasteiger partial charge is 0.251 e. The van der Waals surface area contributed by atoms with Crippen molar-refractivity contribution in [1.29, 1.82) is 0 Å². The lowest BCUT2D eigenvalue weighted by atomic mass is 9.99. The van der Waals surface area contributed by atoms with Gasteiger partial charge in [0.25, 0.3) is 5.91 Å². The molecule has 3 aliphatic carbocycles. The van der Waals surface area contributed by atoms with Crippen LogP contribution in [0.5, 0.6) is 0 Å². The van der Waals surface area contributed by atoms with Gasteiger partial charge >= 0.3 is 0 Å². The maximum Gasteiger partial charge on any atom is 0.251 e. The molecule has 5 atom stereocenters. The highest BCUT2D eigenvalue weighted by atomic mass is 35.5. The predicted octanol–water partition coefficient (Wildman–Crippen LogP) is 4.21. The average molecular weight is 385 g/mol. The summed E-state index contributed by atoms with van der Waals surface area (Å²) in [5, 5.41) is 12.5. The Morgan fingerprint density at radius 3 is 2.59 bits per heavy atom. The summed E-state index contributed by atoms with van der Waals surface area (Å²) < 4.78 is 2.20. The van der Waals surface area contributed by atoms with Crippen LogP contribution in [0.15, 0.2) is 30.5 Å². The van der Waals surface area contributed by atoms with Crippen LogP contribution in [0.1, 0.15) is 67.0 Å². The van der Waals surface area contributed by atoms with E-state index in [1.807, 2.05) is 6.20 Å². The molecule has 3 saturated carbocycles.